The van der Waals surface area contributed by atoms with Crippen LogP contribution < -0.4 is 0 Å². The van der Waals surface area contributed by atoms with Gasteiger partial charge in [-0.25, -0.2) is 0 Å². The Labute approximate surface area is 54.4 Å². The molecule has 0 atom stereocenters. The van der Waals surface area contributed by atoms with E-state index in [0.717, 1.165) is 0 Å². The highest BCUT2D eigenvalue weighted by molar-refractivity contribution is 5.86. The normalized spacial score (nSPS) is 11.6. The number of nitrogens with zero attached hydrogens (tertiary/aromatic N) is 1. The van der Waals surface area contributed by atoms with Crippen LogP contribution in [0, 0.1) is 0 Å². The minimum absolute atomic E-state index is 0.123. The molecule has 0 aliphatic heterocycles. The first-order chi connectivity index (χ1) is 4.16. The van der Waals surface area contributed by atoms with Crippen LogP contribution in [0.1, 0.15) is 26.7 Å². The predicted octanol–water partition coefficient (Wildman–Crippen LogP) is 1.21. The summed E-state index contributed by atoms with van der Waals surface area (Å²) >= 11 is 0. The molecule has 0 saturated heterocycles. The second-order valence-corrected chi connectivity index (χ2v) is 2.04. The van der Waals surface area contributed by atoms with Gasteiger partial charge in [0.1, 0.15) is 5.78 Å². The highest BCUT2D eigenvalue weighted by Gasteiger charge is 1.94. The zero-order chi connectivity index (χ0) is 7.28. The van der Waals surface area contributed by atoms with Crippen LogP contribution in [0.4, 0.5) is 0 Å². The standard InChI is InChI=1S/C6H11NO2/c1-5(7-9)3-4-6(2)8/h9H,3-4H2,1-2H3. The third kappa shape index (κ3) is 5.00. The Kier molecular flexibility index (Phi) is 3.67. The number of carbonyl (C=O) groups excluding carboxylic acids is 1. The van der Waals surface area contributed by atoms with Crippen LogP contribution in [0.5, 0.6) is 0 Å². The maximum Gasteiger partial charge on any atom is 0.130 e. The van der Waals surface area contributed by atoms with Crippen molar-refractivity contribution >= 4 is 11.5 Å². The molecular formula is C6H11NO2. The molecule has 9 heavy (non-hydrogen) atoms. The van der Waals surface area contributed by atoms with Gasteiger partial charge in [-0.15, -0.1) is 0 Å². The summed E-state index contributed by atoms with van der Waals surface area (Å²) in [5.41, 5.74) is 0.602. The maximum atomic E-state index is 10.3. The van der Waals surface area contributed by atoms with Crippen LogP contribution in [0.3, 0.4) is 0 Å². The Balaban J connectivity index is 3.39. The summed E-state index contributed by atoms with van der Waals surface area (Å²) in [6, 6.07) is 0. The van der Waals surface area contributed by atoms with Gasteiger partial charge in [-0.2, -0.15) is 0 Å². The molecule has 0 heterocycles. The topological polar surface area (TPSA) is 49.7 Å². The quantitative estimate of drug-likeness (QED) is 0.353. The molecule has 0 fully saturated rings. The summed E-state index contributed by atoms with van der Waals surface area (Å²) in [7, 11) is 0. The zero-order valence-electron chi connectivity index (χ0n) is 5.72. The lowest BCUT2D eigenvalue weighted by Gasteiger charge is -1.91. The molecule has 52 valence electrons. The van der Waals surface area contributed by atoms with Gasteiger partial charge in [-0.05, 0) is 20.3 Å². The fourth-order valence-corrected chi connectivity index (χ4v) is 0.407. The number of carbonyl (C=O) groups is 1. The van der Waals surface area contributed by atoms with E-state index >= 15 is 0 Å². The van der Waals surface area contributed by atoms with E-state index in [0.29, 0.717) is 18.6 Å². The molecule has 0 aliphatic carbocycles. The fraction of sp³-hybridized carbons (Fsp3) is 0.667. The van der Waals surface area contributed by atoms with E-state index in [1.807, 2.05) is 0 Å². The van der Waals surface area contributed by atoms with Crippen molar-refractivity contribution in [1.82, 2.24) is 0 Å². The Bertz CT molecular complexity index is 129. The Hall–Kier alpha value is -0.860. The van der Waals surface area contributed by atoms with E-state index in [1.54, 1.807) is 6.92 Å². The molecule has 3 heteroatoms. The van der Waals surface area contributed by atoms with Crippen LogP contribution in [0.2, 0.25) is 0 Å². The molecular weight excluding hydrogens is 118 g/mol. The molecule has 3 nitrogen and oxygen atoms in total. The van der Waals surface area contributed by atoms with Gasteiger partial charge in [0.25, 0.3) is 0 Å². The molecule has 0 aromatic carbocycles. The molecule has 0 aliphatic rings. The first-order valence-electron chi connectivity index (χ1n) is 2.83. The third-order valence-corrected chi connectivity index (χ3v) is 1.01. The van der Waals surface area contributed by atoms with Crippen molar-refractivity contribution in [2.75, 3.05) is 0 Å². The first-order valence-corrected chi connectivity index (χ1v) is 2.83. The number of rotatable bonds is 3. The van der Waals surface area contributed by atoms with Crippen LogP contribution in [0.15, 0.2) is 5.16 Å². The largest absolute Gasteiger partial charge is 0.411 e. The van der Waals surface area contributed by atoms with Gasteiger partial charge in [0.15, 0.2) is 0 Å². The number of hydrogen-bond acceptors (Lipinski definition) is 3. The van der Waals surface area contributed by atoms with Crippen molar-refractivity contribution in [3.05, 3.63) is 0 Å². The van der Waals surface area contributed by atoms with Crippen molar-refractivity contribution in [3.63, 3.8) is 0 Å². The van der Waals surface area contributed by atoms with Crippen molar-refractivity contribution in [2.24, 2.45) is 5.16 Å². The molecule has 0 aromatic heterocycles. The second kappa shape index (κ2) is 4.06. The summed E-state index contributed by atoms with van der Waals surface area (Å²) in [4.78, 5) is 10.3. The maximum absolute atomic E-state index is 10.3. The fourth-order valence-electron chi connectivity index (χ4n) is 0.407. The number of hydrogen-bond donors (Lipinski definition) is 1. The average molecular weight is 129 g/mol. The molecule has 0 aromatic rings. The van der Waals surface area contributed by atoms with E-state index in [-0.39, 0.29) is 5.78 Å². The molecule has 0 bridgehead atoms. The van der Waals surface area contributed by atoms with Gasteiger partial charge in [0, 0.05) is 6.42 Å². The predicted molar refractivity (Wildman–Crippen MR) is 34.8 cm³/mol. The van der Waals surface area contributed by atoms with Crippen molar-refractivity contribution < 1.29 is 10.0 Å². The number of Topliss-reactive ketones (excluding diaryl/α,β-unsaturated/α-hetero) is 1. The molecule has 0 amide bonds. The lowest BCUT2D eigenvalue weighted by Crippen LogP contribution is -1.96. The summed E-state index contributed by atoms with van der Waals surface area (Å²) in [5, 5.41) is 11.0. The Morgan fingerprint density at radius 1 is 1.44 bits per heavy atom. The van der Waals surface area contributed by atoms with Crippen LogP contribution in [-0.4, -0.2) is 16.7 Å². The highest BCUT2D eigenvalue weighted by atomic mass is 16.4. The smallest absolute Gasteiger partial charge is 0.130 e. The van der Waals surface area contributed by atoms with Gasteiger partial charge in [0.2, 0.25) is 0 Å². The number of oxime groups is 1. The lowest BCUT2D eigenvalue weighted by atomic mass is 10.2. The summed E-state index contributed by atoms with van der Waals surface area (Å²) in [6.45, 7) is 3.20. The summed E-state index contributed by atoms with van der Waals surface area (Å²) in [6.07, 6.45) is 1.03. The van der Waals surface area contributed by atoms with E-state index in [2.05, 4.69) is 5.16 Å². The van der Waals surface area contributed by atoms with Gasteiger partial charge >= 0.3 is 0 Å². The summed E-state index contributed by atoms with van der Waals surface area (Å²) in [5.74, 6) is 0.123. The summed E-state index contributed by atoms with van der Waals surface area (Å²) < 4.78 is 0. The van der Waals surface area contributed by atoms with E-state index in [4.69, 9.17) is 5.21 Å². The molecule has 1 N–H and O–H groups in total. The van der Waals surface area contributed by atoms with Gasteiger partial charge < -0.3 is 10.0 Å². The Morgan fingerprint density at radius 3 is 2.33 bits per heavy atom. The first kappa shape index (κ1) is 8.14. The van der Waals surface area contributed by atoms with E-state index < -0.39 is 0 Å². The lowest BCUT2D eigenvalue weighted by molar-refractivity contribution is -0.116. The molecule has 0 spiro atoms. The SMILES string of the molecule is CC(=O)CCC(C)=NO. The molecule has 0 radical (unpaired) electrons. The monoisotopic (exact) mass is 129 g/mol. The van der Waals surface area contributed by atoms with Crippen molar-refractivity contribution in [1.29, 1.82) is 0 Å². The number of ketones is 1. The second-order valence-electron chi connectivity index (χ2n) is 2.04. The highest BCUT2D eigenvalue weighted by Crippen LogP contribution is 1.92. The molecule has 0 rings (SSSR count). The van der Waals surface area contributed by atoms with Gasteiger partial charge in [-0.3, -0.25) is 0 Å². The van der Waals surface area contributed by atoms with Crippen LogP contribution in [-0.2, 0) is 4.79 Å². The van der Waals surface area contributed by atoms with Crippen molar-refractivity contribution in [2.45, 2.75) is 26.7 Å². The van der Waals surface area contributed by atoms with Crippen molar-refractivity contribution in [3.8, 4) is 0 Å². The van der Waals surface area contributed by atoms with E-state index in [9.17, 15) is 4.79 Å². The minimum Gasteiger partial charge on any atom is -0.411 e. The van der Waals surface area contributed by atoms with Gasteiger partial charge in [0.05, 0.1) is 5.71 Å². The minimum atomic E-state index is 0.123. The third-order valence-electron chi connectivity index (χ3n) is 1.01. The molecule has 0 unspecified atom stereocenters. The van der Waals surface area contributed by atoms with E-state index in [1.165, 1.54) is 6.92 Å². The average Bonchev–Trinajstić information content (AvgIpc) is 1.83. The molecule has 0 saturated carbocycles. The van der Waals surface area contributed by atoms with Crippen LogP contribution in [0.25, 0.3) is 0 Å². The zero-order valence-corrected chi connectivity index (χ0v) is 5.72. The van der Waals surface area contributed by atoms with Gasteiger partial charge in [-0.1, -0.05) is 5.16 Å². The Morgan fingerprint density at radius 2 is 2.00 bits per heavy atom. The van der Waals surface area contributed by atoms with Crippen LogP contribution >= 0.6 is 0 Å².